The van der Waals surface area contributed by atoms with E-state index in [-0.39, 0.29) is 21.5 Å². The minimum absolute atomic E-state index is 0.0156. The zero-order valence-corrected chi connectivity index (χ0v) is 11.9. The first-order valence-corrected chi connectivity index (χ1v) is 6.62. The topological polar surface area (TPSA) is 40.5 Å². The Morgan fingerprint density at radius 2 is 1.10 bits per heavy atom. The number of fused-ring (bicyclic) bond motifs is 2. The van der Waals surface area contributed by atoms with Crippen LogP contribution in [0.4, 0.5) is 0 Å². The van der Waals surface area contributed by atoms with Gasteiger partial charge in [-0.1, -0.05) is 60.6 Å². The molecule has 2 N–H and O–H groups in total. The summed E-state index contributed by atoms with van der Waals surface area (Å²) >= 11 is 12.2. The molecule has 0 saturated carbocycles. The molecular weight excluding hydrogens is 295 g/mol. The molecular formula is C16H10Cl2O2. The number of hydrogen-bond acceptors (Lipinski definition) is 2. The molecule has 0 amide bonds. The first kappa shape index (κ1) is 13.1. The highest BCUT2D eigenvalue weighted by Crippen LogP contribution is 2.39. The number of aromatic hydroxyl groups is 2. The Balaban J connectivity index is 2.83. The van der Waals surface area contributed by atoms with Crippen LogP contribution in [0.1, 0.15) is 0 Å². The third-order valence-corrected chi connectivity index (χ3v) is 4.42. The summed E-state index contributed by atoms with van der Waals surface area (Å²) in [5, 5.41) is 24.0. The Labute approximate surface area is 124 Å². The van der Waals surface area contributed by atoms with Gasteiger partial charge in [0, 0.05) is 21.5 Å². The Morgan fingerprint density at radius 3 is 1.45 bits per heavy atom. The van der Waals surface area contributed by atoms with E-state index < -0.39 is 0 Å². The molecule has 0 aliphatic carbocycles. The molecule has 2 nitrogen and oxygen atoms in total. The molecule has 20 heavy (non-hydrogen) atoms. The van der Waals surface area contributed by atoms with E-state index in [1.807, 2.05) is 0 Å². The molecule has 0 spiro atoms. The number of phenols is 2. The van der Waals surface area contributed by atoms with Gasteiger partial charge in [-0.25, -0.2) is 0 Å². The predicted molar refractivity (Wildman–Crippen MR) is 85.1 cm³/mol. The van der Waals surface area contributed by atoms with Gasteiger partial charge in [-0.2, -0.15) is 0 Å². The van der Waals surface area contributed by atoms with Gasteiger partial charge in [0.05, 0.1) is 10.0 Å². The Bertz CT molecular complexity index is 898. The second kappa shape index (κ2) is 4.30. The minimum atomic E-state index is 0.0156. The largest absolute Gasteiger partial charge is 0.507 e. The molecule has 3 rings (SSSR count). The number of rotatable bonds is 0. The lowest BCUT2D eigenvalue weighted by molar-refractivity contribution is 0.478. The van der Waals surface area contributed by atoms with Crippen molar-refractivity contribution in [1.82, 2.24) is 0 Å². The molecule has 0 radical (unpaired) electrons. The highest BCUT2D eigenvalue weighted by molar-refractivity contribution is 6.43. The minimum Gasteiger partial charge on any atom is -0.507 e. The van der Waals surface area contributed by atoms with Gasteiger partial charge in [0.1, 0.15) is 11.5 Å². The van der Waals surface area contributed by atoms with Crippen LogP contribution >= 0.6 is 23.2 Å². The van der Waals surface area contributed by atoms with Crippen LogP contribution in [0.25, 0.3) is 34.7 Å². The number of benzene rings is 3. The number of halogens is 2. The average molecular weight is 305 g/mol. The summed E-state index contributed by atoms with van der Waals surface area (Å²) in [6.07, 6.45) is 0. The zero-order chi connectivity index (χ0) is 14.6. The van der Waals surface area contributed by atoms with Crippen LogP contribution in [0, 0.1) is 0 Å². The molecule has 0 fully saturated rings. The van der Waals surface area contributed by atoms with E-state index >= 15 is 0 Å². The lowest BCUT2D eigenvalue weighted by atomic mass is 9.98. The zero-order valence-electron chi connectivity index (χ0n) is 10.4. The van der Waals surface area contributed by atoms with Gasteiger partial charge in [0.25, 0.3) is 0 Å². The SMILES string of the molecule is C=c1c(Cl)c(Cl)c(=C)c2c(O)c3ccccc3c(O)c12. The van der Waals surface area contributed by atoms with Gasteiger partial charge >= 0.3 is 0 Å². The highest BCUT2D eigenvalue weighted by Gasteiger charge is 2.17. The van der Waals surface area contributed by atoms with Crippen molar-refractivity contribution >= 4 is 57.9 Å². The molecule has 0 saturated heterocycles. The summed E-state index contributed by atoms with van der Waals surface area (Å²) in [4.78, 5) is 0. The van der Waals surface area contributed by atoms with Crippen molar-refractivity contribution in [1.29, 1.82) is 0 Å². The van der Waals surface area contributed by atoms with Crippen LogP contribution in [0.5, 0.6) is 11.5 Å². The molecule has 0 heterocycles. The molecule has 3 aromatic carbocycles. The fourth-order valence-corrected chi connectivity index (χ4v) is 2.89. The van der Waals surface area contributed by atoms with Gasteiger partial charge < -0.3 is 10.2 Å². The van der Waals surface area contributed by atoms with Gasteiger partial charge in [0.2, 0.25) is 0 Å². The summed E-state index contributed by atoms with van der Waals surface area (Å²) < 4.78 is 0. The van der Waals surface area contributed by atoms with Crippen molar-refractivity contribution in [2.45, 2.75) is 0 Å². The lowest BCUT2D eigenvalue weighted by Crippen LogP contribution is -2.13. The van der Waals surface area contributed by atoms with E-state index in [2.05, 4.69) is 13.2 Å². The average Bonchev–Trinajstić information content (AvgIpc) is 2.46. The third-order valence-electron chi connectivity index (χ3n) is 3.49. The standard InChI is InChI=1S/C16H10Cl2O2/c1-7-11-12(8(2)14(18)13(7)17)16(20)10-6-4-3-5-9(10)15(11)19/h3-6,19-20H,1-2H2. The fraction of sp³-hybridized carbons (Fsp3) is 0. The molecule has 3 aromatic rings. The first-order chi connectivity index (χ1) is 9.45. The van der Waals surface area contributed by atoms with E-state index in [0.29, 0.717) is 32.0 Å². The molecule has 4 heteroatoms. The summed E-state index contributed by atoms with van der Waals surface area (Å²) in [5.41, 5.74) is 0. The molecule has 0 bridgehead atoms. The predicted octanol–water partition coefficient (Wildman–Crippen LogP) is 3.53. The third kappa shape index (κ3) is 1.52. The quantitative estimate of drug-likeness (QED) is 0.493. The van der Waals surface area contributed by atoms with Gasteiger partial charge in [-0.3, -0.25) is 0 Å². The molecule has 0 aliphatic rings. The second-order valence-electron chi connectivity index (χ2n) is 4.58. The Morgan fingerprint density at radius 1 is 0.750 bits per heavy atom. The van der Waals surface area contributed by atoms with E-state index in [4.69, 9.17) is 23.2 Å². The van der Waals surface area contributed by atoms with Gasteiger partial charge in [0.15, 0.2) is 0 Å². The van der Waals surface area contributed by atoms with Crippen molar-refractivity contribution in [3.05, 3.63) is 44.7 Å². The summed E-state index contributed by atoms with van der Waals surface area (Å²) in [6.45, 7) is 7.69. The fourth-order valence-electron chi connectivity index (χ4n) is 2.47. The van der Waals surface area contributed by atoms with Crippen molar-refractivity contribution in [3.8, 4) is 11.5 Å². The number of phenolic OH excluding ortho intramolecular Hbond substituents is 2. The van der Waals surface area contributed by atoms with Crippen molar-refractivity contribution in [2.75, 3.05) is 0 Å². The second-order valence-corrected chi connectivity index (χ2v) is 5.33. The normalized spacial score (nSPS) is 11.3. The molecule has 100 valence electrons. The van der Waals surface area contributed by atoms with Gasteiger partial charge in [-0.05, 0) is 10.4 Å². The van der Waals surface area contributed by atoms with E-state index in [0.717, 1.165) is 0 Å². The van der Waals surface area contributed by atoms with Gasteiger partial charge in [-0.15, -0.1) is 0 Å². The van der Waals surface area contributed by atoms with Crippen LogP contribution in [0.2, 0.25) is 10.0 Å². The summed E-state index contributed by atoms with van der Waals surface area (Å²) in [7, 11) is 0. The van der Waals surface area contributed by atoms with E-state index in [9.17, 15) is 10.2 Å². The van der Waals surface area contributed by atoms with Crippen LogP contribution in [0.3, 0.4) is 0 Å². The monoisotopic (exact) mass is 304 g/mol. The summed E-state index contributed by atoms with van der Waals surface area (Å²) in [5.74, 6) is 0.0312. The van der Waals surface area contributed by atoms with Crippen LogP contribution < -0.4 is 10.4 Å². The maximum atomic E-state index is 10.5. The van der Waals surface area contributed by atoms with Crippen molar-refractivity contribution in [2.24, 2.45) is 0 Å². The smallest absolute Gasteiger partial charge is 0.132 e. The van der Waals surface area contributed by atoms with Crippen LogP contribution in [-0.4, -0.2) is 10.2 Å². The van der Waals surface area contributed by atoms with Crippen LogP contribution in [0.15, 0.2) is 24.3 Å². The van der Waals surface area contributed by atoms with E-state index in [1.165, 1.54) is 0 Å². The Kier molecular flexibility index (Phi) is 2.82. The highest BCUT2D eigenvalue weighted by atomic mass is 35.5. The summed E-state index contributed by atoms with van der Waals surface area (Å²) in [6, 6.07) is 6.99. The lowest BCUT2D eigenvalue weighted by Gasteiger charge is -2.12. The molecule has 0 unspecified atom stereocenters. The first-order valence-electron chi connectivity index (χ1n) is 5.86. The molecule has 0 atom stereocenters. The maximum Gasteiger partial charge on any atom is 0.132 e. The Hall–Kier alpha value is -1.90. The molecule has 0 aromatic heterocycles. The maximum absolute atomic E-state index is 10.5. The van der Waals surface area contributed by atoms with Crippen LogP contribution in [-0.2, 0) is 0 Å². The molecule has 0 aliphatic heterocycles. The van der Waals surface area contributed by atoms with E-state index in [1.54, 1.807) is 24.3 Å². The van der Waals surface area contributed by atoms with Crippen molar-refractivity contribution in [3.63, 3.8) is 0 Å². The van der Waals surface area contributed by atoms with Crippen molar-refractivity contribution < 1.29 is 10.2 Å². The number of hydrogen-bond donors (Lipinski definition) is 2.